The van der Waals surface area contributed by atoms with Crippen LogP contribution in [0.2, 0.25) is 0 Å². The van der Waals surface area contributed by atoms with Gasteiger partial charge in [-0.2, -0.15) is 0 Å². The molecule has 4 nitrogen and oxygen atoms in total. The molecule has 20 heavy (non-hydrogen) atoms. The van der Waals surface area contributed by atoms with Crippen molar-refractivity contribution in [2.75, 3.05) is 40.9 Å². The Bertz CT molecular complexity index is 436. The molecule has 1 aliphatic heterocycles. The topological polar surface area (TPSA) is 33.7 Å². The molecule has 1 saturated heterocycles. The van der Waals surface area contributed by atoms with E-state index in [1.165, 1.54) is 12.0 Å². The summed E-state index contributed by atoms with van der Waals surface area (Å²) in [4.78, 5) is 2.53. The van der Waals surface area contributed by atoms with Gasteiger partial charge in [-0.25, -0.2) is 0 Å². The van der Waals surface area contributed by atoms with E-state index in [1.807, 2.05) is 19.2 Å². The van der Waals surface area contributed by atoms with Crippen LogP contribution >= 0.6 is 0 Å². The SMILES string of the molecule is CCN1CCC(CNC)C1c1ccc(OC)cc1OC. The smallest absolute Gasteiger partial charge is 0.127 e. The van der Waals surface area contributed by atoms with E-state index in [0.717, 1.165) is 31.1 Å². The van der Waals surface area contributed by atoms with Gasteiger partial charge in [0.25, 0.3) is 0 Å². The van der Waals surface area contributed by atoms with Gasteiger partial charge in [0.1, 0.15) is 11.5 Å². The lowest BCUT2D eigenvalue weighted by Gasteiger charge is -2.29. The molecule has 0 bridgehead atoms. The molecule has 2 atom stereocenters. The number of hydrogen-bond acceptors (Lipinski definition) is 4. The molecule has 0 spiro atoms. The number of hydrogen-bond donors (Lipinski definition) is 1. The van der Waals surface area contributed by atoms with Crippen molar-refractivity contribution < 1.29 is 9.47 Å². The van der Waals surface area contributed by atoms with Crippen LogP contribution in [0, 0.1) is 5.92 Å². The van der Waals surface area contributed by atoms with Crippen molar-refractivity contribution in [3.05, 3.63) is 23.8 Å². The Morgan fingerprint density at radius 2 is 2.10 bits per heavy atom. The summed E-state index contributed by atoms with van der Waals surface area (Å²) in [6, 6.07) is 6.59. The molecular formula is C16H26N2O2. The minimum absolute atomic E-state index is 0.424. The lowest BCUT2D eigenvalue weighted by molar-refractivity contribution is 0.232. The fraction of sp³-hybridized carbons (Fsp3) is 0.625. The molecule has 4 heteroatoms. The summed E-state index contributed by atoms with van der Waals surface area (Å²) in [5.41, 5.74) is 1.27. The number of likely N-dealkylation sites (tertiary alicyclic amines) is 1. The van der Waals surface area contributed by atoms with Crippen LogP contribution in [0.25, 0.3) is 0 Å². The Morgan fingerprint density at radius 1 is 1.30 bits per heavy atom. The normalized spacial score (nSPS) is 23.0. The van der Waals surface area contributed by atoms with Crippen molar-refractivity contribution in [3.63, 3.8) is 0 Å². The largest absolute Gasteiger partial charge is 0.497 e. The van der Waals surface area contributed by atoms with Gasteiger partial charge in [0.05, 0.1) is 14.2 Å². The van der Waals surface area contributed by atoms with E-state index in [4.69, 9.17) is 9.47 Å². The lowest BCUT2D eigenvalue weighted by atomic mass is 9.92. The maximum atomic E-state index is 5.59. The molecule has 2 rings (SSSR count). The van der Waals surface area contributed by atoms with E-state index < -0.39 is 0 Å². The zero-order valence-electron chi connectivity index (χ0n) is 13.0. The highest BCUT2D eigenvalue weighted by Crippen LogP contribution is 2.41. The monoisotopic (exact) mass is 278 g/mol. The summed E-state index contributed by atoms with van der Waals surface area (Å²) in [7, 11) is 5.44. The number of nitrogens with zero attached hydrogens (tertiary/aromatic N) is 1. The lowest BCUT2D eigenvalue weighted by Crippen LogP contribution is -2.29. The molecule has 0 aromatic heterocycles. The molecular weight excluding hydrogens is 252 g/mol. The van der Waals surface area contributed by atoms with Crippen molar-refractivity contribution in [3.8, 4) is 11.5 Å². The Hall–Kier alpha value is -1.26. The third kappa shape index (κ3) is 2.91. The summed E-state index contributed by atoms with van der Waals surface area (Å²) in [6.07, 6.45) is 1.23. The molecule has 0 radical (unpaired) electrons. The summed E-state index contributed by atoms with van der Waals surface area (Å²) in [5.74, 6) is 2.40. The molecule has 1 aliphatic rings. The first-order valence-electron chi connectivity index (χ1n) is 7.35. The van der Waals surface area contributed by atoms with Gasteiger partial charge in [0.15, 0.2) is 0 Å². The van der Waals surface area contributed by atoms with Crippen molar-refractivity contribution in [1.29, 1.82) is 0 Å². The van der Waals surface area contributed by atoms with Gasteiger partial charge in [-0.3, -0.25) is 4.90 Å². The fourth-order valence-electron chi connectivity index (χ4n) is 3.27. The highest BCUT2D eigenvalue weighted by Gasteiger charge is 2.35. The highest BCUT2D eigenvalue weighted by atomic mass is 16.5. The van der Waals surface area contributed by atoms with Crippen LogP contribution in [-0.2, 0) is 0 Å². The predicted octanol–water partition coefficient (Wildman–Crippen LogP) is 2.31. The first kappa shape index (κ1) is 15.1. The van der Waals surface area contributed by atoms with Crippen LogP contribution in [0.15, 0.2) is 18.2 Å². The zero-order valence-corrected chi connectivity index (χ0v) is 13.0. The predicted molar refractivity (Wildman–Crippen MR) is 81.6 cm³/mol. The van der Waals surface area contributed by atoms with Crippen LogP contribution in [-0.4, -0.2) is 45.8 Å². The first-order valence-corrected chi connectivity index (χ1v) is 7.35. The number of nitrogens with one attached hydrogen (secondary N) is 1. The number of benzene rings is 1. The van der Waals surface area contributed by atoms with E-state index in [9.17, 15) is 0 Å². The van der Waals surface area contributed by atoms with Crippen LogP contribution in [0.5, 0.6) is 11.5 Å². The molecule has 1 aromatic rings. The fourth-order valence-corrected chi connectivity index (χ4v) is 3.27. The highest BCUT2D eigenvalue weighted by molar-refractivity contribution is 5.43. The number of methoxy groups -OCH3 is 2. The Kier molecular flexibility index (Phi) is 5.26. The van der Waals surface area contributed by atoms with Crippen LogP contribution in [0.4, 0.5) is 0 Å². The van der Waals surface area contributed by atoms with Crippen molar-refractivity contribution in [2.45, 2.75) is 19.4 Å². The molecule has 0 aliphatic carbocycles. The average Bonchev–Trinajstić information content (AvgIpc) is 2.89. The van der Waals surface area contributed by atoms with Crippen molar-refractivity contribution in [1.82, 2.24) is 10.2 Å². The van der Waals surface area contributed by atoms with E-state index in [-0.39, 0.29) is 0 Å². The maximum Gasteiger partial charge on any atom is 0.127 e. The van der Waals surface area contributed by atoms with E-state index in [2.05, 4.69) is 23.2 Å². The molecule has 2 unspecified atom stereocenters. The summed E-state index contributed by atoms with van der Waals surface area (Å²) >= 11 is 0. The Balaban J connectivity index is 2.35. The van der Waals surface area contributed by atoms with Gasteiger partial charge >= 0.3 is 0 Å². The molecule has 1 fully saturated rings. The minimum atomic E-state index is 0.424. The third-order valence-corrected chi connectivity index (χ3v) is 4.26. The molecule has 112 valence electrons. The van der Waals surface area contributed by atoms with E-state index in [0.29, 0.717) is 12.0 Å². The number of rotatable bonds is 6. The Morgan fingerprint density at radius 3 is 2.70 bits per heavy atom. The molecule has 1 N–H and O–H groups in total. The zero-order chi connectivity index (χ0) is 14.5. The summed E-state index contributed by atoms with van der Waals surface area (Å²) in [5, 5.41) is 3.32. The van der Waals surface area contributed by atoms with E-state index >= 15 is 0 Å². The summed E-state index contributed by atoms with van der Waals surface area (Å²) in [6.45, 7) is 5.49. The molecule has 1 heterocycles. The van der Waals surface area contributed by atoms with Gasteiger partial charge in [0, 0.05) is 17.7 Å². The second-order valence-corrected chi connectivity index (χ2v) is 5.29. The minimum Gasteiger partial charge on any atom is -0.497 e. The van der Waals surface area contributed by atoms with Crippen molar-refractivity contribution in [2.24, 2.45) is 5.92 Å². The molecule has 1 aromatic carbocycles. The number of ether oxygens (including phenoxy) is 2. The quantitative estimate of drug-likeness (QED) is 0.866. The standard InChI is InChI=1S/C16H26N2O2/c1-5-18-9-8-12(11-17-2)16(18)14-7-6-13(19-3)10-15(14)20-4/h6-7,10,12,16-17H,5,8-9,11H2,1-4H3. The van der Waals surface area contributed by atoms with Crippen LogP contribution < -0.4 is 14.8 Å². The maximum absolute atomic E-state index is 5.59. The summed E-state index contributed by atoms with van der Waals surface area (Å²) < 4.78 is 10.9. The Labute approximate surface area is 122 Å². The van der Waals surface area contributed by atoms with E-state index in [1.54, 1.807) is 14.2 Å². The van der Waals surface area contributed by atoms with Crippen LogP contribution in [0.1, 0.15) is 24.9 Å². The van der Waals surface area contributed by atoms with Gasteiger partial charge in [-0.05, 0) is 45.1 Å². The second-order valence-electron chi connectivity index (χ2n) is 5.29. The van der Waals surface area contributed by atoms with Gasteiger partial charge in [-0.1, -0.05) is 13.0 Å². The average molecular weight is 278 g/mol. The van der Waals surface area contributed by atoms with Crippen LogP contribution in [0.3, 0.4) is 0 Å². The van der Waals surface area contributed by atoms with Gasteiger partial charge < -0.3 is 14.8 Å². The second kappa shape index (κ2) is 6.95. The van der Waals surface area contributed by atoms with Crippen molar-refractivity contribution >= 4 is 0 Å². The van der Waals surface area contributed by atoms with Gasteiger partial charge in [-0.15, -0.1) is 0 Å². The first-order chi connectivity index (χ1) is 9.74. The third-order valence-electron chi connectivity index (χ3n) is 4.26. The van der Waals surface area contributed by atoms with Gasteiger partial charge in [0.2, 0.25) is 0 Å². The molecule has 0 amide bonds. The molecule has 0 saturated carbocycles.